The van der Waals surface area contributed by atoms with Crippen LogP contribution >= 0.6 is 11.6 Å². The first-order valence-electron chi connectivity index (χ1n) is 7.26. The number of halogens is 2. The highest BCUT2D eigenvalue weighted by Gasteiger charge is 2.41. The number of nitrogens with zero attached hydrogens (tertiary/aromatic N) is 2. The Morgan fingerprint density at radius 3 is 2.62 bits per heavy atom. The summed E-state index contributed by atoms with van der Waals surface area (Å²) in [6.45, 7) is 6.30. The lowest BCUT2D eigenvalue weighted by Crippen LogP contribution is -2.30. The molecule has 1 aromatic carbocycles. The van der Waals surface area contributed by atoms with E-state index >= 15 is 0 Å². The number of aromatic nitrogens is 2. The first-order chi connectivity index (χ1) is 9.86. The lowest BCUT2D eigenvalue weighted by molar-refractivity contribution is 0.303. The standard InChI is InChI=1S/C16H20ClFN2O/c1-9(17)15-19-12-7-11(18)14(21-4)8-13(12)20(15)16(2,3)10-5-6-10/h7-10H,5-6H2,1-4H3. The average Bonchev–Trinajstić information content (AvgIpc) is 3.19. The minimum absolute atomic E-state index is 0.0872. The van der Waals surface area contributed by atoms with Gasteiger partial charge < -0.3 is 9.30 Å². The fraction of sp³-hybridized carbons (Fsp3) is 0.562. The molecule has 1 atom stereocenters. The van der Waals surface area contributed by atoms with Gasteiger partial charge in [-0.05, 0) is 39.5 Å². The van der Waals surface area contributed by atoms with Crippen molar-refractivity contribution in [1.82, 2.24) is 9.55 Å². The van der Waals surface area contributed by atoms with Gasteiger partial charge in [-0.1, -0.05) is 0 Å². The van der Waals surface area contributed by atoms with Crippen LogP contribution in [0.25, 0.3) is 11.0 Å². The molecule has 0 amide bonds. The summed E-state index contributed by atoms with van der Waals surface area (Å²) in [6.07, 6.45) is 2.42. The molecule has 0 aliphatic heterocycles. The molecule has 3 nitrogen and oxygen atoms in total. The summed E-state index contributed by atoms with van der Waals surface area (Å²) in [5.41, 5.74) is 1.42. The number of rotatable bonds is 4. The van der Waals surface area contributed by atoms with Crippen molar-refractivity contribution in [3.63, 3.8) is 0 Å². The Hall–Kier alpha value is -1.29. The monoisotopic (exact) mass is 310 g/mol. The number of alkyl halides is 1. The van der Waals surface area contributed by atoms with Gasteiger partial charge in [0.2, 0.25) is 0 Å². The summed E-state index contributed by atoms with van der Waals surface area (Å²) >= 11 is 6.32. The molecule has 0 radical (unpaired) electrons. The van der Waals surface area contributed by atoms with E-state index in [-0.39, 0.29) is 16.7 Å². The predicted octanol–water partition coefficient (Wildman–Crippen LogP) is 4.63. The first-order valence-corrected chi connectivity index (χ1v) is 7.70. The fourth-order valence-electron chi connectivity index (χ4n) is 3.10. The van der Waals surface area contributed by atoms with Gasteiger partial charge in [-0.3, -0.25) is 0 Å². The molecule has 114 valence electrons. The minimum Gasteiger partial charge on any atom is -0.494 e. The molecule has 1 aromatic heterocycles. The van der Waals surface area contributed by atoms with Crippen molar-refractivity contribution in [2.45, 2.75) is 44.5 Å². The molecule has 5 heteroatoms. The average molecular weight is 311 g/mol. The summed E-state index contributed by atoms with van der Waals surface area (Å²) in [5.74, 6) is 1.24. The predicted molar refractivity (Wildman–Crippen MR) is 82.6 cm³/mol. The number of imidazole rings is 1. The summed E-state index contributed by atoms with van der Waals surface area (Å²) in [5, 5.41) is -0.232. The van der Waals surface area contributed by atoms with Crippen molar-refractivity contribution in [2.24, 2.45) is 5.92 Å². The molecular weight excluding hydrogens is 291 g/mol. The lowest BCUT2D eigenvalue weighted by Gasteiger charge is -2.30. The van der Waals surface area contributed by atoms with Crippen molar-refractivity contribution < 1.29 is 9.13 Å². The van der Waals surface area contributed by atoms with Gasteiger partial charge in [-0.25, -0.2) is 9.37 Å². The topological polar surface area (TPSA) is 27.1 Å². The van der Waals surface area contributed by atoms with E-state index in [4.69, 9.17) is 16.3 Å². The largest absolute Gasteiger partial charge is 0.494 e. The summed E-state index contributed by atoms with van der Waals surface area (Å²) < 4.78 is 21.2. The quantitative estimate of drug-likeness (QED) is 0.770. The highest BCUT2D eigenvalue weighted by molar-refractivity contribution is 6.20. The maximum Gasteiger partial charge on any atom is 0.167 e. The van der Waals surface area contributed by atoms with Gasteiger partial charge in [0.15, 0.2) is 11.6 Å². The van der Waals surface area contributed by atoms with Crippen LogP contribution in [0.15, 0.2) is 12.1 Å². The molecule has 0 N–H and O–H groups in total. The Balaban J connectivity index is 2.30. The zero-order chi connectivity index (χ0) is 15.4. The number of fused-ring (bicyclic) bond motifs is 1. The molecule has 0 bridgehead atoms. The zero-order valence-electron chi connectivity index (χ0n) is 12.8. The van der Waals surface area contributed by atoms with E-state index < -0.39 is 5.82 Å². The molecule has 0 spiro atoms. The zero-order valence-corrected chi connectivity index (χ0v) is 13.5. The third-order valence-corrected chi connectivity index (χ3v) is 4.66. The Morgan fingerprint density at radius 1 is 1.43 bits per heavy atom. The second kappa shape index (κ2) is 4.87. The smallest absolute Gasteiger partial charge is 0.167 e. The molecular formula is C16H20ClFN2O. The third-order valence-electron chi connectivity index (χ3n) is 4.46. The number of ether oxygens (including phenoxy) is 1. The molecule has 1 aliphatic carbocycles. The van der Waals surface area contributed by atoms with Crippen molar-refractivity contribution in [3.05, 3.63) is 23.8 Å². The number of hydrogen-bond donors (Lipinski definition) is 0. The van der Waals surface area contributed by atoms with Crippen LogP contribution in [0, 0.1) is 11.7 Å². The highest BCUT2D eigenvalue weighted by Crippen LogP contribution is 2.47. The molecule has 1 unspecified atom stereocenters. The van der Waals surface area contributed by atoms with Crippen LogP contribution in [-0.4, -0.2) is 16.7 Å². The van der Waals surface area contributed by atoms with Crippen LogP contribution in [0.1, 0.15) is 44.8 Å². The lowest BCUT2D eigenvalue weighted by atomic mass is 9.97. The van der Waals surface area contributed by atoms with Gasteiger partial charge in [0, 0.05) is 17.7 Å². The van der Waals surface area contributed by atoms with Crippen molar-refractivity contribution in [2.75, 3.05) is 7.11 Å². The van der Waals surface area contributed by atoms with Crippen molar-refractivity contribution in [3.8, 4) is 5.75 Å². The molecule has 1 saturated carbocycles. The van der Waals surface area contributed by atoms with Gasteiger partial charge in [-0.15, -0.1) is 11.6 Å². The van der Waals surface area contributed by atoms with E-state index in [1.807, 2.05) is 6.92 Å². The molecule has 1 fully saturated rings. The molecule has 1 heterocycles. The van der Waals surface area contributed by atoms with E-state index in [1.54, 1.807) is 6.07 Å². The molecule has 1 aliphatic rings. The Morgan fingerprint density at radius 2 is 2.10 bits per heavy atom. The molecule has 0 saturated heterocycles. The van der Waals surface area contributed by atoms with Crippen LogP contribution in [0.5, 0.6) is 5.75 Å². The summed E-state index contributed by atoms with van der Waals surface area (Å²) in [6, 6.07) is 3.15. The van der Waals surface area contributed by atoms with E-state index in [0.29, 0.717) is 11.4 Å². The van der Waals surface area contributed by atoms with Crippen LogP contribution in [-0.2, 0) is 5.54 Å². The van der Waals surface area contributed by atoms with Gasteiger partial charge in [0.25, 0.3) is 0 Å². The van der Waals surface area contributed by atoms with Crippen molar-refractivity contribution >= 4 is 22.6 Å². The van der Waals surface area contributed by atoms with Crippen LogP contribution in [0.4, 0.5) is 4.39 Å². The molecule has 21 heavy (non-hydrogen) atoms. The fourth-order valence-corrected chi connectivity index (χ4v) is 3.25. The number of benzene rings is 1. The van der Waals surface area contributed by atoms with E-state index in [9.17, 15) is 4.39 Å². The van der Waals surface area contributed by atoms with Gasteiger partial charge in [0.1, 0.15) is 5.82 Å². The Bertz CT molecular complexity index is 689. The maximum atomic E-state index is 13.9. The Kier molecular flexibility index (Phi) is 3.40. The van der Waals surface area contributed by atoms with Gasteiger partial charge in [0.05, 0.1) is 23.5 Å². The molecule has 2 aromatic rings. The molecule has 3 rings (SSSR count). The normalized spacial score (nSPS) is 17.2. The van der Waals surface area contributed by atoms with Crippen LogP contribution < -0.4 is 4.74 Å². The second-order valence-electron chi connectivity index (χ2n) is 6.32. The Labute approximate surface area is 129 Å². The summed E-state index contributed by atoms with van der Waals surface area (Å²) in [4.78, 5) is 4.56. The second-order valence-corrected chi connectivity index (χ2v) is 6.98. The SMILES string of the molecule is COc1cc2c(cc1F)nc(C(C)Cl)n2C(C)(C)C1CC1. The van der Waals surface area contributed by atoms with Crippen molar-refractivity contribution in [1.29, 1.82) is 0 Å². The number of hydrogen-bond acceptors (Lipinski definition) is 2. The van der Waals surface area contributed by atoms with E-state index in [1.165, 1.54) is 26.0 Å². The minimum atomic E-state index is -0.396. The van der Waals surface area contributed by atoms with E-state index in [0.717, 1.165) is 11.3 Å². The highest BCUT2D eigenvalue weighted by atomic mass is 35.5. The maximum absolute atomic E-state index is 13.9. The first kappa shape index (κ1) is 14.6. The van der Waals surface area contributed by atoms with Gasteiger partial charge in [-0.2, -0.15) is 0 Å². The third kappa shape index (κ3) is 2.30. The van der Waals surface area contributed by atoms with E-state index in [2.05, 4.69) is 23.4 Å². The number of methoxy groups -OCH3 is 1. The van der Waals surface area contributed by atoms with Crippen LogP contribution in [0.3, 0.4) is 0 Å². The van der Waals surface area contributed by atoms with Crippen LogP contribution in [0.2, 0.25) is 0 Å². The summed E-state index contributed by atoms with van der Waals surface area (Å²) in [7, 11) is 1.47. The van der Waals surface area contributed by atoms with Gasteiger partial charge >= 0.3 is 0 Å².